The number of nitro groups is 1. The molecule has 2 aromatic carbocycles. The largest absolute Gasteiger partial charge is 0.468 e. The van der Waals surface area contributed by atoms with Gasteiger partial charge in [0, 0.05) is 22.2 Å². The maximum absolute atomic E-state index is 14.4. The fraction of sp³-hybridized carbons (Fsp3) is 0.105. The second-order valence-electron chi connectivity index (χ2n) is 6.14. The number of thiophene rings is 1. The number of hydrogen-bond acceptors (Lipinski definition) is 7. The van der Waals surface area contributed by atoms with Gasteiger partial charge in [0.05, 0.1) is 27.1 Å². The number of non-ortho nitro benzene ring substituents is 1. The summed E-state index contributed by atoms with van der Waals surface area (Å²) in [4.78, 5) is 39.5. The van der Waals surface area contributed by atoms with Crippen LogP contribution in [0, 0.1) is 15.9 Å². The fourth-order valence-electron chi connectivity index (χ4n) is 2.90. The van der Waals surface area contributed by atoms with Crippen LogP contribution in [-0.4, -0.2) is 28.5 Å². The SMILES string of the molecule is COC(=O)Cn1c(=NC(=O)c2cc3cc([N+](=O)[O-])ccc3s2)sc2cccc(F)c21. The zero-order valence-electron chi connectivity index (χ0n) is 15.3. The fourth-order valence-corrected chi connectivity index (χ4v) is 4.87. The van der Waals surface area contributed by atoms with Gasteiger partial charge in [-0.05, 0) is 24.3 Å². The number of nitrogens with zero attached hydrogens (tertiary/aromatic N) is 3. The van der Waals surface area contributed by atoms with Crippen LogP contribution in [-0.2, 0) is 16.1 Å². The molecule has 0 aliphatic heterocycles. The average molecular weight is 445 g/mol. The number of ether oxygens (including phenoxy) is 1. The van der Waals surface area contributed by atoms with E-state index in [2.05, 4.69) is 9.73 Å². The molecule has 2 aromatic heterocycles. The summed E-state index contributed by atoms with van der Waals surface area (Å²) in [6, 6.07) is 10.3. The normalized spacial score (nSPS) is 11.9. The van der Waals surface area contributed by atoms with Crippen molar-refractivity contribution in [3.63, 3.8) is 0 Å². The Labute approximate surface area is 175 Å². The van der Waals surface area contributed by atoms with Gasteiger partial charge >= 0.3 is 5.97 Å². The number of thiazole rings is 1. The van der Waals surface area contributed by atoms with Crippen LogP contribution in [0.5, 0.6) is 0 Å². The molecule has 4 aromatic rings. The topological polar surface area (TPSA) is 104 Å². The van der Waals surface area contributed by atoms with Gasteiger partial charge in [-0.3, -0.25) is 19.7 Å². The predicted molar refractivity (Wildman–Crippen MR) is 110 cm³/mol. The molecule has 0 aliphatic rings. The number of amides is 1. The Hall–Kier alpha value is -3.44. The van der Waals surface area contributed by atoms with Crippen molar-refractivity contribution < 1.29 is 23.6 Å². The molecule has 30 heavy (non-hydrogen) atoms. The molecule has 11 heteroatoms. The maximum Gasteiger partial charge on any atom is 0.325 e. The third kappa shape index (κ3) is 3.60. The van der Waals surface area contributed by atoms with Crippen LogP contribution in [0.1, 0.15) is 9.67 Å². The molecule has 0 saturated heterocycles. The molecule has 8 nitrogen and oxygen atoms in total. The maximum atomic E-state index is 14.4. The zero-order chi connectivity index (χ0) is 21.4. The van der Waals surface area contributed by atoms with Crippen LogP contribution in [0.25, 0.3) is 20.3 Å². The van der Waals surface area contributed by atoms with Crippen LogP contribution in [0.3, 0.4) is 0 Å². The van der Waals surface area contributed by atoms with E-state index in [9.17, 15) is 24.1 Å². The van der Waals surface area contributed by atoms with E-state index in [-0.39, 0.29) is 27.4 Å². The Morgan fingerprint density at radius 1 is 1.20 bits per heavy atom. The molecule has 0 unspecified atom stereocenters. The molecule has 0 atom stereocenters. The van der Waals surface area contributed by atoms with E-state index in [1.165, 1.54) is 42.0 Å². The van der Waals surface area contributed by atoms with Crippen molar-refractivity contribution in [1.82, 2.24) is 4.57 Å². The number of esters is 1. The number of fused-ring (bicyclic) bond motifs is 2. The van der Waals surface area contributed by atoms with Gasteiger partial charge in [0.15, 0.2) is 4.80 Å². The molecule has 0 aliphatic carbocycles. The van der Waals surface area contributed by atoms with Crippen molar-refractivity contribution in [2.45, 2.75) is 6.54 Å². The van der Waals surface area contributed by atoms with Gasteiger partial charge in [-0.25, -0.2) is 4.39 Å². The summed E-state index contributed by atoms with van der Waals surface area (Å²) in [6.07, 6.45) is 0. The quantitative estimate of drug-likeness (QED) is 0.269. The summed E-state index contributed by atoms with van der Waals surface area (Å²) >= 11 is 2.21. The van der Waals surface area contributed by atoms with Crippen LogP contribution in [0.4, 0.5) is 10.1 Å². The highest BCUT2D eigenvalue weighted by Gasteiger charge is 2.17. The Kier molecular flexibility index (Phi) is 5.14. The number of carbonyl (C=O) groups excluding carboxylic acids is 2. The number of aromatic nitrogens is 1. The summed E-state index contributed by atoms with van der Waals surface area (Å²) in [6.45, 7) is -0.303. The Morgan fingerprint density at radius 2 is 2.00 bits per heavy atom. The first kappa shape index (κ1) is 19.9. The van der Waals surface area contributed by atoms with Gasteiger partial charge in [0.1, 0.15) is 12.4 Å². The number of methoxy groups -OCH3 is 1. The van der Waals surface area contributed by atoms with Gasteiger partial charge < -0.3 is 9.30 Å². The zero-order valence-corrected chi connectivity index (χ0v) is 17.0. The van der Waals surface area contributed by atoms with Crippen LogP contribution in [0.2, 0.25) is 0 Å². The first-order valence-electron chi connectivity index (χ1n) is 8.49. The number of carbonyl (C=O) groups is 2. The van der Waals surface area contributed by atoms with Crippen molar-refractivity contribution >= 4 is 60.5 Å². The molecule has 0 spiro atoms. The predicted octanol–water partition coefficient (Wildman–Crippen LogP) is 3.88. The molecular formula is C19H12FN3O5S2. The third-order valence-electron chi connectivity index (χ3n) is 4.29. The van der Waals surface area contributed by atoms with Gasteiger partial charge in [0.2, 0.25) is 0 Å². The molecule has 2 heterocycles. The minimum Gasteiger partial charge on any atom is -0.468 e. The van der Waals surface area contributed by atoms with E-state index in [1.54, 1.807) is 12.1 Å². The molecule has 0 fully saturated rings. The van der Waals surface area contributed by atoms with E-state index < -0.39 is 22.6 Å². The van der Waals surface area contributed by atoms with Crippen LogP contribution >= 0.6 is 22.7 Å². The lowest BCUT2D eigenvalue weighted by Gasteiger charge is -2.04. The molecule has 0 saturated carbocycles. The standard InChI is InChI=1S/C19H12FN3O5S2/c1-28-16(24)9-22-17-12(20)3-2-4-14(17)30-19(22)21-18(25)15-8-10-7-11(23(26)27)5-6-13(10)29-15/h2-8H,9H2,1H3. The van der Waals surface area contributed by atoms with E-state index in [4.69, 9.17) is 0 Å². The van der Waals surface area contributed by atoms with Crippen LogP contribution < -0.4 is 4.80 Å². The minimum atomic E-state index is -0.610. The second kappa shape index (κ2) is 7.76. The number of para-hydroxylation sites is 1. The minimum absolute atomic E-state index is 0.0767. The van der Waals surface area contributed by atoms with E-state index in [0.717, 1.165) is 22.7 Å². The number of nitro benzene ring substituents is 1. The molecule has 1 amide bonds. The summed E-state index contributed by atoms with van der Waals surface area (Å²) in [7, 11) is 1.21. The highest BCUT2D eigenvalue weighted by Crippen LogP contribution is 2.29. The Balaban J connectivity index is 1.82. The van der Waals surface area contributed by atoms with E-state index in [1.807, 2.05) is 0 Å². The molecule has 0 radical (unpaired) electrons. The van der Waals surface area contributed by atoms with E-state index in [0.29, 0.717) is 14.8 Å². The highest BCUT2D eigenvalue weighted by molar-refractivity contribution is 7.21. The van der Waals surface area contributed by atoms with Crippen molar-refractivity contribution in [2.24, 2.45) is 4.99 Å². The summed E-state index contributed by atoms with van der Waals surface area (Å²) in [5.41, 5.74) is 0.0820. The van der Waals surface area contributed by atoms with Gasteiger partial charge in [-0.1, -0.05) is 17.4 Å². The van der Waals surface area contributed by atoms with E-state index >= 15 is 0 Å². The number of benzene rings is 2. The third-order valence-corrected chi connectivity index (χ3v) is 6.43. The molecule has 4 rings (SSSR count). The molecule has 152 valence electrons. The second-order valence-corrected chi connectivity index (χ2v) is 8.23. The molecule has 0 bridgehead atoms. The van der Waals surface area contributed by atoms with Crippen molar-refractivity contribution in [3.8, 4) is 0 Å². The Bertz CT molecular complexity index is 1400. The van der Waals surface area contributed by atoms with Gasteiger partial charge in [-0.15, -0.1) is 11.3 Å². The number of halogens is 1. The monoisotopic (exact) mass is 445 g/mol. The van der Waals surface area contributed by atoms with Crippen molar-refractivity contribution in [1.29, 1.82) is 0 Å². The molecular weight excluding hydrogens is 433 g/mol. The van der Waals surface area contributed by atoms with Gasteiger partial charge in [0.25, 0.3) is 11.6 Å². The highest BCUT2D eigenvalue weighted by atomic mass is 32.1. The Morgan fingerprint density at radius 3 is 2.73 bits per heavy atom. The van der Waals surface area contributed by atoms with Crippen molar-refractivity contribution in [3.05, 3.63) is 68.1 Å². The average Bonchev–Trinajstić information content (AvgIpc) is 3.29. The molecule has 0 N–H and O–H groups in total. The van der Waals surface area contributed by atoms with Crippen molar-refractivity contribution in [2.75, 3.05) is 7.11 Å². The summed E-state index contributed by atoms with van der Waals surface area (Å²) in [5.74, 6) is -1.75. The van der Waals surface area contributed by atoms with Gasteiger partial charge in [-0.2, -0.15) is 4.99 Å². The lowest BCUT2D eigenvalue weighted by molar-refractivity contribution is -0.384. The number of hydrogen-bond donors (Lipinski definition) is 0. The first-order chi connectivity index (χ1) is 14.4. The summed E-state index contributed by atoms with van der Waals surface area (Å²) < 4.78 is 21.6. The number of rotatable bonds is 4. The smallest absolute Gasteiger partial charge is 0.325 e. The lowest BCUT2D eigenvalue weighted by atomic mass is 10.2. The first-order valence-corrected chi connectivity index (χ1v) is 10.1. The summed E-state index contributed by atoms with van der Waals surface area (Å²) in [5, 5.41) is 11.5. The lowest BCUT2D eigenvalue weighted by Crippen LogP contribution is -2.22. The van der Waals surface area contributed by atoms with Crippen LogP contribution in [0.15, 0.2) is 47.5 Å².